The molecule has 8 heteroatoms. The van der Waals surface area contributed by atoms with Crippen molar-refractivity contribution in [2.24, 2.45) is 0 Å². The van der Waals surface area contributed by atoms with E-state index in [1.54, 1.807) is 20.8 Å². The number of rotatable bonds is 5. The van der Waals surface area contributed by atoms with Crippen molar-refractivity contribution in [1.29, 1.82) is 0 Å². The highest BCUT2D eigenvalue weighted by Gasteiger charge is 2.44. The van der Waals surface area contributed by atoms with Crippen LogP contribution in [0.4, 0.5) is 0 Å². The van der Waals surface area contributed by atoms with Gasteiger partial charge in [0.05, 0.1) is 0 Å². The molecule has 1 amide bonds. The smallest absolute Gasteiger partial charge is 0.330 e. The Morgan fingerprint density at radius 2 is 1.75 bits per heavy atom. The van der Waals surface area contributed by atoms with Crippen molar-refractivity contribution in [3.8, 4) is 0 Å². The summed E-state index contributed by atoms with van der Waals surface area (Å²) in [5.41, 5.74) is -0.662. The fourth-order valence-electron chi connectivity index (χ4n) is 2.45. The molecule has 0 aliphatic carbocycles. The van der Waals surface area contributed by atoms with Crippen LogP contribution in [0.25, 0.3) is 0 Å². The Morgan fingerprint density at radius 1 is 1.12 bits per heavy atom. The summed E-state index contributed by atoms with van der Waals surface area (Å²) in [6.07, 6.45) is 0.751. The molecule has 1 rings (SSSR count). The molecule has 0 aromatic heterocycles. The van der Waals surface area contributed by atoms with Gasteiger partial charge in [0.25, 0.3) is 0 Å². The van der Waals surface area contributed by atoms with Gasteiger partial charge in [0.15, 0.2) is 10.2 Å². The molecule has 0 aromatic rings. The van der Waals surface area contributed by atoms with Crippen molar-refractivity contribution in [3.63, 3.8) is 0 Å². The molecule has 0 N–H and O–H groups in total. The molecule has 1 aliphatic heterocycles. The monoisotopic (exact) mass is 375 g/mol. The van der Waals surface area contributed by atoms with Crippen LogP contribution in [0.1, 0.15) is 47.5 Å². The number of carbonyl (C=O) groups is 4. The number of hydrogen-bond acceptors (Lipinski definition) is 7. The third kappa shape index (κ3) is 6.84. The largest absolute Gasteiger partial charge is 0.458 e. The molecule has 136 valence electrons. The van der Waals surface area contributed by atoms with E-state index in [1.807, 2.05) is 0 Å². The lowest BCUT2D eigenvalue weighted by Gasteiger charge is -2.29. The van der Waals surface area contributed by atoms with Gasteiger partial charge in [-0.3, -0.25) is 14.4 Å². The van der Waals surface area contributed by atoms with Gasteiger partial charge < -0.3 is 9.64 Å². The van der Waals surface area contributed by atoms with E-state index in [-0.39, 0.29) is 27.8 Å². The number of likely N-dealkylation sites (tertiary alicyclic amines) is 1. The number of carbonyl (C=O) groups excluding carboxylic acids is 4. The van der Waals surface area contributed by atoms with Crippen LogP contribution in [0.5, 0.6) is 0 Å². The summed E-state index contributed by atoms with van der Waals surface area (Å²) >= 11 is 2.17. The number of nitrogens with zero attached hydrogens (tertiary/aromatic N) is 1. The average molecular weight is 376 g/mol. The maximum Gasteiger partial charge on any atom is 0.330 e. The van der Waals surface area contributed by atoms with E-state index >= 15 is 0 Å². The molecule has 24 heavy (non-hydrogen) atoms. The first-order valence-corrected chi connectivity index (χ1v) is 9.70. The zero-order valence-electron chi connectivity index (χ0n) is 14.8. The normalized spacial score (nSPS) is 20.8. The molecule has 0 saturated carbocycles. The van der Waals surface area contributed by atoms with Crippen molar-refractivity contribution in [3.05, 3.63) is 0 Å². The Bertz CT molecular complexity index is 515. The summed E-state index contributed by atoms with van der Waals surface area (Å²) in [4.78, 5) is 48.9. The third-order valence-electron chi connectivity index (χ3n) is 3.25. The minimum absolute atomic E-state index is 0.0436. The number of amides is 1. The molecule has 0 spiro atoms. The van der Waals surface area contributed by atoms with Gasteiger partial charge in [-0.1, -0.05) is 23.5 Å². The van der Waals surface area contributed by atoms with Crippen LogP contribution in [0.3, 0.4) is 0 Å². The summed E-state index contributed by atoms with van der Waals surface area (Å²) in [7, 11) is 0. The summed E-state index contributed by atoms with van der Waals surface area (Å²) in [5.74, 6) is -0.284. The summed E-state index contributed by atoms with van der Waals surface area (Å²) < 4.78 is 5.44. The van der Waals surface area contributed by atoms with Gasteiger partial charge in [-0.15, -0.1) is 0 Å². The topological polar surface area (TPSA) is 80.8 Å². The van der Waals surface area contributed by atoms with Crippen molar-refractivity contribution >= 4 is 45.6 Å². The fourth-order valence-corrected chi connectivity index (χ4v) is 4.05. The Labute approximate surface area is 151 Å². The first-order valence-electron chi connectivity index (χ1n) is 7.84. The summed E-state index contributed by atoms with van der Waals surface area (Å²) in [6, 6.07) is -0.757. The molecule has 0 radical (unpaired) electrons. The predicted octanol–water partition coefficient (Wildman–Crippen LogP) is 2.25. The zero-order valence-corrected chi connectivity index (χ0v) is 16.4. The Morgan fingerprint density at radius 3 is 2.25 bits per heavy atom. The van der Waals surface area contributed by atoms with Gasteiger partial charge in [-0.05, 0) is 27.2 Å². The van der Waals surface area contributed by atoms with Crippen molar-refractivity contribution in [1.82, 2.24) is 4.90 Å². The van der Waals surface area contributed by atoms with E-state index in [1.165, 1.54) is 18.7 Å². The fraction of sp³-hybridized carbons (Fsp3) is 0.750. The predicted molar refractivity (Wildman–Crippen MR) is 95.8 cm³/mol. The average Bonchev–Trinajstić information content (AvgIpc) is 2.79. The highest BCUT2D eigenvalue weighted by atomic mass is 32.2. The van der Waals surface area contributed by atoms with Gasteiger partial charge in [0.2, 0.25) is 5.91 Å². The van der Waals surface area contributed by atoms with Gasteiger partial charge in [0.1, 0.15) is 11.6 Å². The van der Waals surface area contributed by atoms with E-state index in [0.29, 0.717) is 18.7 Å². The molecule has 0 bridgehead atoms. The van der Waals surface area contributed by atoms with E-state index in [4.69, 9.17) is 4.74 Å². The lowest BCUT2D eigenvalue weighted by Crippen LogP contribution is -2.47. The van der Waals surface area contributed by atoms with E-state index in [0.717, 1.165) is 23.5 Å². The molecule has 1 saturated heterocycles. The van der Waals surface area contributed by atoms with Gasteiger partial charge in [-0.25, -0.2) is 4.79 Å². The SMILES string of the molecule is CC(=O)SCCC(=O)N1CCC(SC(C)=O)C1C(=O)OC(C)(C)C. The Balaban J connectivity index is 2.84. The molecule has 6 nitrogen and oxygen atoms in total. The van der Waals surface area contributed by atoms with E-state index < -0.39 is 17.6 Å². The minimum Gasteiger partial charge on any atom is -0.458 e. The molecule has 2 atom stereocenters. The van der Waals surface area contributed by atoms with Gasteiger partial charge in [0, 0.05) is 37.8 Å². The van der Waals surface area contributed by atoms with Crippen LogP contribution in [0.2, 0.25) is 0 Å². The van der Waals surface area contributed by atoms with E-state index in [2.05, 4.69) is 0 Å². The standard InChI is InChI=1S/C16H25NO5S2/c1-10(18)23-9-7-13(20)17-8-6-12(24-11(2)19)14(17)15(21)22-16(3,4)5/h12,14H,6-9H2,1-5H3. The maximum atomic E-state index is 12.5. The second-order valence-corrected chi connectivity index (χ2v) is 9.28. The highest BCUT2D eigenvalue weighted by Crippen LogP contribution is 2.32. The van der Waals surface area contributed by atoms with Crippen LogP contribution in [-0.4, -0.2) is 56.2 Å². The van der Waals surface area contributed by atoms with Gasteiger partial charge >= 0.3 is 5.97 Å². The number of ether oxygens (including phenoxy) is 1. The second kappa shape index (κ2) is 8.89. The summed E-state index contributed by atoms with van der Waals surface area (Å²) in [5, 5.41) is -0.422. The molecule has 0 aromatic carbocycles. The van der Waals surface area contributed by atoms with Crippen LogP contribution in [0.15, 0.2) is 0 Å². The Kier molecular flexibility index (Phi) is 7.79. The molecule has 1 fully saturated rings. The molecule has 1 aliphatic rings. The lowest BCUT2D eigenvalue weighted by molar-refractivity contribution is -0.162. The van der Waals surface area contributed by atoms with Crippen LogP contribution in [0, 0.1) is 0 Å². The molecular formula is C16H25NO5S2. The van der Waals surface area contributed by atoms with Crippen molar-refractivity contribution < 1.29 is 23.9 Å². The lowest BCUT2D eigenvalue weighted by atomic mass is 10.1. The minimum atomic E-state index is -0.757. The molecule has 1 heterocycles. The number of esters is 1. The molecule has 2 unspecified atom stereocenters. The van der Waals surface area contributed by atoms with Crippen LogP contribution in [-0.2, 0) is 23.9 Å². The Hall–Kier alpha value is -1.02. The quantitative estimate of drug-likeness (QED) is 0.682. The zero-order chi connectivity index (χ0) is 18.5. The van der Waals surface area contributed by atoms with Gasteiger partial charge in [-0.2, -0.15) is 0 Å². The van der Waals surface area contributed by atoms with Crippen LogP contribution >= 0.6 is 23.5 Å². The van der Waals surface area contributed by atoms with Crippen LogP contribution < -0.4 is 0 Å². The maximum absolute atomic E-state index is 12.5. The number of hydrogen-bond donors (Lipinski definition) is 0. The third-order valence-corrected chi connectivity index (χ3v) is 5.19. The number of thioether (sulfide) groups is 2. The molecular weight excluding hydrogens is 350 g/mol. The highest BCUT2D eigenvalue weighted by molar-refractivity contribution is 8.14. The van der Waals surface area contributed by atoms with Crippen molar-refractivity contribution in [2.75, 3.05) is 12.3 Å². The first-order chi connectivity index (χ1) is 11.0. The summed E-state index contributed by atoms with van der Waals surface area (Å²) in [6.45, 7) is 8.62. The van der Waals surface area contributed by atoms with E-state index in [9.17, 15) is 19.2 Å². The first kappa shape index (κ1) is 21.0. The van der Waals surface area contributed by atoms with Crippen molar-refractivity contribution in [2.45, 2.75) is 64.4 Å². The second-order valence-electron chi connectivity index (χ2n) is 6.59.